The van der Waals surface area contributed by atoms with Gasteiger partial charge in [0, 0.05) is 12.5 Å². The number of hydrogen-bond donors (Lipinski definition) is 2. The first-order chi connectivity index (χ1) is 17.4. The Bertz CT molecular complexity index is 875. The number of epoxide rings is 1. The first kappa shape index (κ1) is 27.0. The predicted molar refractivity (Wildman–Crippen MR) is 136 cm³/mol. The summed E-state index contributed by atoms with van der Waals surface area (Å²) in [6.45, 7) is 6.91. The van der Waals surface area contributed by atoms with Crippen molar-refractivity contribution in [2.24, 2.45) is 5.92 Å². The lowest BCUT2D eigenvalue weighted by Crippen LogP contribution is -2.32. The quantitative estimate of drug-likeness (QED) is 0.346. The molecule has 4 aliphatic heterocycles. The number of carbonyl (C=O) groups is 1. The largest absolute Gasteiger partial charge is 0.456 e. The molecule has 0 saturated carbocycles. The van der Waals surface area contributed by atoms with Crippen molar-refractivity contribution >= 4 is 5.97 Å². The topological polar surface area (TPSA) is 97.8 Å². The Balaban J connectivity index is 1.44. The molecule has 4 aliphatic rings. The molecule has 36 heavy (non-hydrogen) atoms. The number of cyclic esters (lactones) is 1. The summed E-state index contributed by atoms with van der Waals surface area (Å²) in [6.07, 6.45) is 16.2. The minimum Gasteiger partial charge on any atom is -0.456 e. The van der Waals surface area contributed by atoms with Gasteiger partial charge in [0.15, 0.2) is 0 Å². The standard InChI is InChI=1S/C29H40O7/c1-19-15-20(2)17-25(31)29-27(36-29)18-26(24(30)13-12-21-7-3-4-14-33-21)35-28(32)11-6-9-22-8-5-10-23(16-19)34-22/h3-6,8,11-13,19,21-27,29-31H,2,7,9-10,14-18H2,1H3/b11-6-,13-12+/t19-,21?,22-,23-,24-,25-,26-,27-,29-/m0/s1. The molecular weight excluding hydrogens is 460 g/mol. The van der Waals surface area contributed by atoms with Crippen LogP contribution in [0.25, 0.3) is 0 Å². The third-order valence-electron chi connectivity index (χ3n) is 7.12. The summed E-state index contributed by atoms with van der Waals surface area (Å²) in [5.74, 6) is -0.140. The SMILES string of the molecule is C=C1C[C@H](C)C[C@@H]2CC=C[C@@H](C/C=C\C(=O)O[C@H]([C@@H](O)/C=C/C3CC=CCO3)C[C@@H]3O[C@H]3[C@@H](O)C1)O2. The lowest BCUT2D eigenvalue weighted by Gasteiger charge is -2.28. The number of rotatable bonds is 3. The average Bonchev–Trinajstić information content (AvgIpc) is 3.62. The summed E-state index contributed by atoms with van der Waals surface area (Å²) in [5.41, 5.74) is 0.990. The number of carbonyl (C=O) groups excluding carboxylic acids is 1. The third-order valence-corrected chi connectivity index (χ3v) is 7.12. The summed E-state index contributed by atoms with van der Waals surface area (Å²) in [6, 6.07) is 0. The fourth-order valence-electron chi connectivity index (χ4n) is 5.24. The molecule has 1 fully saturated rings. The van der Waals surface area contributed by atoms with E-state index in [-0.39, 0.29) is 36.9 Å². The van der Waals surface area contributed by atoms with Crippen LogP contribution in [0.1, 0.15) is 51.9 Å². The van der Waals surface area contributed by atoms with Gasteiger partial charge in [0.2, 0.25) is 0 Å². The Morgan fingerprint density at radius 2 is 1.94 bits per heavy atom. The van der Waals surface area contributed by atoms with Crippen LogP contribution in [0.3, 0.4) is 0 Å². The van der Waals surface area contributed by atoms with Gasteiger partial charge >= 0.3 is 5.97 Å². The first-order valence-electron chi connectivity index (χ1n) is 13.2. The van der Waals surface area contributed by atoms with Gasteiger partial charge in [-0.1, -0.05) is 61.6 Å². The van der Waals surface area contributed by atoms with E-state index in [0.717, 1.165) is 31.3 Å². The van der Waals surface area contributed by atoms with Crippen LogP contribution in [0.4, 0.5) is 0 Å². The van der Waals surface area contributed by atoms with Crippen molar-refractivity contribution in [2.75, 3.05) is 6.61 Å². The lowest BCUT2D eigenvalue weighted by molar-refractivity contribution is -0.148. The van der Waals surface area contributed by atoms with Gasteiger partial charge in [-0.05, 0) is 44.4 Å². The normalized spacial score (nSPS) is 40.1. The summed E-state index contributed by atoms with van der Waals surface area (Å²) in [5, 5.41) is 21.6. The number of aliphatic hydroxyl groups excluding tert-OH is 2. The fraction of sp³-hybridized carbons (Fsp3) is 0.621. The van der Waals surface area contributed by atoms with Crippen LogP contribution in [0, 0.1) is 5.92 Å². The summed E-state index contributed by atoms with van der Waals surface area (Å²) in [4.78, 5) is 12.6. The lowest BCUT2D eigenvalue weighted by atomic mass is 9.91. The highest BCUT2D eigenvalue weighted by atomic mass is 16.6. The van der Waals surface area contributed by atoms with E-state index in [0.29, 0.717) is 25.4 Å². The van der Waals surface area contributed by atoms with E-state index in [1.807, 2.05) is 18.2 Å². The molecular formula is C29H40O7. The van der Waals surface area contributed by atoms with Gasteiger partial charge in [-0.3, -0.25) is 0 Å². The number of ether oxygens (including phenoxy) is 4. The maximum atomic E-state index is 12.6. The second-order valence-electron chi connectivity index (χ2n) is 10.5. The molecule has 1 saturated heterocycles. The summed E-state index contributed by atoms with van der Waals surface area (Å²) < 4.78 is 23.2. The number of esters is 1. The number of fused-ring (bicyclic) bond motifs is 3. The van der Waals surface area contributed by atoms with Crippen LogP contribution in [0.5, 0.6) is 0 Å². The van der Waals surface area contributed by atoms with Gasteiger partial charge in [0.05, 0.1) is 37.1 Å². The minimum atomic E-state index is -1.02. The van der Waals surface area contributed by atoms with Crippen molar-refractivity contribution in [3.05, 3.63) is 60.8 Å². The van der Waals surface area contributed by atoms with Crippen molar-refractivity contribution < 1.29 is 34.0 Å². The van der Waals surface area contributed by atoms with Gasteiger partial charge in [0.25, 0.3) is 0 Å². The Hall–Kier alpha value is -2.03. The van der Waals surface area contributed by atoms with E-state index >= 15 is 0 Å². The van der Waals surface area contributed by atoms with Crippen LogP contribution < -0.4 is 0 Å². The molecule has 0 amide bonds. The monoisotopic (exact) mass is 500 g/mol. The molecule has 0 aromatic rings. The van der Waals surface area contributed by atoms with Crippen molar-refractivity contribution in [1.29, 1.82) is 0 Å². The van der Waals surface area contributed by atoms with Gasteiger partial charge in [-0.25, -0.2) is 4.79 Å². The maximum Gasteiger partial charge on any atom is 0.330 e. The molecule has 0 aromatic heterocycles. The molecule has 4 heterocycles. The van der Waals surface area contributed by atoms with Gasteiger partial charge < -0.3 is 29.2 Å². The van der Waals surface area contributed by atoms with Crippen molar-refractivity contribution in [3.63, 3.8) is 0 Å². The van der Waals surface area contributed by atoms with Crippen LogP contribution >= 0.6 is 0 Å². The zero-order chi connectivity index (χ0) is 25.5. The minimum absolute atomic E-state index is 0.0848. The highest BCUT2D eigenvalue weighted by Gasteiger charge is 2.46. The highest BCUT2D eigenvalue weighted by molar-refractivity contribution is 5.82. The van der Waals surface area contributed by atoms with E-state index in [1.165, 1.54) is 6.08 Å². The van der Waals surface area contributed by atoms with E-state index in [4.69, 9.17) is 18.9 Å². The van der Waals surface area contributed by atoms with E-state index in [2.05, 4.69) is 19.6 Å². The second-order valence-corrected chi connectivity index (χ2v) is 10.5. The second kappa shape index (κ2) is 13.0. The van der Waals surface area contributed by atoms with Crippen molar-refractivity contribution in [1.82, 2.24) is 0 Å². The molecule has 7 heteroatoms. The molecule has 9 atom stereocenters. The summed E-state index contributed by atoms with van der Waals surface area (Å²) in [7, 11) is 0. The average molecular weight is 501 g/mol. The molecule has 0 spiro atoms. The molecule has 198 valence electrons. The van der Waals surface area contributed by atoms with E-state index in [1.54, 1.807) is 18.2 Å². The Morgan fingerprint density at radius 1 is 1.08 bits per heavy atom. The highest BCUT2D eigenvalue weighted by Crippen LogP contribution is 2.34. The van der Waals surface area contributed by atoms with Crippen molar-refractivity contribution in [2.45, 2.75) is 101 Å². The van der Waals surface area contributed by atoms with Gasteiger partial charge in [0.1, 0.15) is 18.3 Å². The Kier molecular flexibility index (Phi) is 9.73. The van der Waals surface area contributed by atoms with E-state index in [9.17, 15) is 15.0 Å². The number of aliphatic hydroxyl groups is 2. The predicted octanol–water partition coefficient (Wildman–Crippen LogP) is 3.72. The van der Waals surface area contributed by atoms with Gasteiger partial charge in [-0.2, -0.15) is 0 Å². The first-order valence-corrected chi connectivity index (χ1v) is 13.2. The van der Waals surface area contributed by atoms with Gasteiger partial charge in [-0.15, -0.1) is 0 Å². The molecule has 0 aromatic carbocycles. The van der Waals surface area contributed by atoms with Crippen LogP contribution in [-0.2, 0) is 23.7 Å². The van der Waals surface area contributed by atoms with Crippen LogP contribution in [0.2, 0.25) is 0 Å². The van der Waals surface area contributed by atoms with Crippen LogP contribution in [0.15, 0.2) is 60.8 Å². The third kappa shape index (κ3) is 8.25. The zero-order valence-electron chi connectivity index (χ0n) is 21.1. The van der Waals surface area contributed by atoms with E-state index < -0.39 is 24.3 Å². The zero-order valence-corrected chi connectivity index (χ0v) is 21.1. The molecule has 2 bridgehead atoms. The molecule has 1 unspecified atom stereocenters. The molecule has 2 N–H and O–H groups in total. The molecule has 7 nitrogen and oxygen atoms in total. The Labute approximate surface area is 214 Å². The maximum absolute atomic E-state index is 12.6. The molecule has 4 rings (SSSR count). The summed E-state index contributed by atoms with van der Waals surface area (Å²) >= 11 is 0. The molecule has 0 radical (unpaired) electrons. The van der Waals surface area contributed by atoms with Crippen molar-refractivity contribution in [3.8, 4) is 0 Å². The molecule has 0 aliphatic carbocycles. The number of hydrogen-bond acceptors (Lipinski definition) is 7. The van der Waals surface area contributed by atoms with Crippen LogP contribution in [-0.4, -0.2) is 71.6 Å². The Morgan fingerprint density at radius 3 is 2.75 bits per heavy atom. The fourth-order valence-corrected chi connectivity index (χ4v) is 5.24. The smallest absolute Gasteiger partial charge is 0.330 e.